The van der Waals surface area contributed by atoms with Crippen molar-refractivity contribution in [2.24, 2.45) is 0 Å². The fourth-order valence-electron chi connectivity index (χ4n) is 5.00. The number of aryl methyl sites for hydroxylation is 1. The summed E-state index contributed by atoms with van der Waals surface area (Å²) in [6, 6.07) is 6.89. The lowest BCUT2D eigenvalue weighted by molar-refractivity contribution is -0.274. The Labute approximate surface area is 196 Å². The van der Waals surface area contributed by atoms with Crippen LogP contribution in [0.25, 0.3) is 0 Å². The maximum Gasteiger partial charge on any atom is 0.573 e. The molecule has 0 bridgehead atoms. The molecular formula is C24H29F3N4O3. The summed E-state index contributed by atoms with van der Waals surface area (Å²) < 4.78 is 47.6. The first-order chi connectivity index (χ1) is 16.3. The third-order valence-corrected chi connectivity index (χ3v) is 6.95. The van der Waals surface area contributed by atoms with E-state index in [-0.39, 0.29) is 23.6 Å². The van der Waals surface area contributed by atoms with E-state index in [4.69, 9.17) is 4.74 Å². The minimum Gasteiger partial charge on any atom is -0.406 e. The van der Waals surface area contributed by atoms with Crippen molar-refractivity contribution in [1.29, 1.82) is 0 Å². The van der Waals surface area contributed by atoms with Crippen molar-refractivity contribution in [2.45, 2.75) is 50.3 Å². The lowest BCUT2D eigenvalue weighted by Crippen LogP contribution is -2.52. The van der Waals surface area contributed by atoms with E-state index >= 15 is 0 Å². The standard InChI is InChI=1S/C24H29F3N4O3/c1-15-10-17(4-5-22(15)34-24(25,26)27)18-11-19(21-12-20(28-29-21)16-2-3-16)14-31(13-18)23(32)30-6-8-33-9-7-30/h4-5,10,12,16,18-19H,2-3,6-9,11,13-14H2,1H3,(H,28,29). The lowest BCUT2D eigenvalue weighted by atomic mass is 9.82. The number of rotatable bonds is 4. The molecule has 1 aromatic carbocycles. The van der Waals surface area contributed by atoms with Gasteiger partial charge in [0.25, 0.3) is 0 Å². The molecule has 2 saturated heterocycles. The first kappa shape index (κ1) is 23.0. The van der Waals surface area contributed by atoms with Crippen LogP contribution in [0, 0.1) is 6.92 Å². The molecule has 3 heterocycles. The monoisotopic (exact) mass is 478 g/mol. The van der Waals surface area contributed by atoms with Crippen LogP contribution in [-0.4, -0.2) is 71.8 Å². The van der Waals surface area contributed by atoms with E-state index in [2.05, 4.69) is 21.0 Å². The smallest absolute Gasteiger partial charge is 0.406 e. The van der Waals surface area contributed by atoms with E-state index in [1.54, 1.807) is 19.1 Å². The zero-order valence-corrected chi connectivity index (χ0v) is 19.1. The maximum absolute atomic E-state index is 13.3. The minimum atomic E-state index is -4.73. The number of carbonyl (C=O) groups excluding carboxylic acids is 1. The predicted octanol–water partition coefficient (Wildman–Crippen LogP) is 4.52. The van der Waals surface area contributed by atoms with Crippen molar-refractivity contribution >= 4 is 6.03 Å². The molecule has 2 aromatic rings. The Morgan fingerprint density at radius 3 is 2.50 bits per heavy atom. The van der Waals surface area contributed by atoms with Gasteiger partial charge >= 0.3 is 12.4 Å². The number of piperidine rings is 1. The van der Waals surface area contributed by atoms with Crippen LogP contribution in [-0.2, 0) is 4.74 Å². The van der Waals surface area contributed by atoms with Gasteiger partial charge in [-0.25, -0.2) is 4.79 Å². The largest absolute Gasteiger partial charge is 0.573 e. The third kappa shape index (κ3) is 5.16. The molecule has 2 aliphatic heterocycles. The average Bonchev–Trinajstić information content (AvgIpc) is 3.55. The second kappa shape index (κ2) is 9.13. The highest BCUT2D eigenvalue weighted by molar-refractivity contribution is 5.75. The Morgan fingerprint density at radius 2 is 1.82 bits per heavy atom. The Hall–Kier alpha value is -2.75. The number of urea groups is 1. The molecule has 1 aromatic heterocycles. The van der Waals surface area contributed by atoms with Crippen LogP contribution in [0.1, 0.15) is 59.5 Å². The molecule has 34 heavy (non-hydrogen) atoms. The highest BCUT2D eigenvalue weighted by atomic mass is 19.4. The number of benzene rings is 1. The summed E-state index contributed by atoms with van der Waals surface area (Å²) in [6.07, 6.45) is -1.63. The fraction of sp³-hybridized carbons (Fsp3) is 0.583. The number of aromatic amines is 1. The van der Waals surface area contributed by atoms with Gasteiger partial charge in [0.1, 0.15) is 5.75 Å². The summed E-state index contributed by atoms with van der Waals surface area (Å²) in [5.74, 6) is 0.365. The number of likely N-dealkylation sites (tertiary alicyclic amines) is 1. The lowest BCUT2D eigenvalue weighted by Gasteiger charge is -2.40. The van der Waals surface area contributed by atoms with Crippen LogP contribution in [0.5, 0.6) is 5.75 Å². The van der Waals surface area contributed by atoms with Gasteiger partial charge in [0, 0.05) is 49.6 Å². The summed E-state index contributed by atoms with van der Waals surface area (Å²) in [4.78, 5) is 17.0. The molecule has 1 saturated carbocycles. The number of H-pyrrole nitrogens is 1. The number of ether oxygens (including phenoxy) is 2. The fourth-order valence-corrected chi connectivity index (χ4v) is 5.00. The van der Waals surface area contributed by atoms with E-state index in [9.17, 15) is 18.0 Å². The molecule has 2 atom stereocenters. The molecule has 2 amide bonds. The summed E-state index contributed by atoms with van der Waals surface area (Å²) in [6.45, 7) is 4.84. The van der Waals surface area contributed by atoms with Gasteiger partial charge in [0.15, 0.2) is 0 Å². The molecule has 5 rings (SSSR count). The quantitative estimate of drug-likeness (QED) is 0.702. The number of halogens is 3. The van der Waals surface area contributed by atoms with Crippen LogP contribution in [0.15, 0.2) is 24.3 Å². The molecule has 3 fully saturated rings. The Kier molecular flexibility index (Phi) is 6.18. The molecule has 7 nitrogen and oxygen atoms in total. The van der Waals surface area contributed by atoms with Gasteiger partial charge < -0.3 is 19.3 Å². The Balaban J connectivity index is 1.39. The van der Waals surface area contributed by atoms with Gasteiger partial charge in [-0.3, -0.25) is 5.10 Å². The summed E-state index contributed by atoms with van der Waals surface area (Å²) in [7, 11) is 0. The number of morpholine rings is 1. The molecule has 0 spiro atoms. The number of alkyl halides is 3. The van der Waals surface area contributed by atoms with Gasteiger partial charge in [-0.05, 0) is 49.4 Å². The molecule has 3 aliphatic rings. The highest BCUT2D eigenvalue weighted by Gasteiger charge is 2.37. The normalized spacial score (nSPS) is 23.8. The summed E-state index contributed by atoms with van der Waals surface area (Å²) >= 11 is 0. The third-order valence-electron chi connectivity index (χ3n) is 6.95. The van der Waals surface area contributed by atoms with E-state index in [0.717, 1.165) is 23.4 Å². The van der Waals surface area contributed by atoms with Crippen LogP contribution >= 0.6 is 0 Å². The van der Waals surface area contributed by atoms with Gasteiger partial charge in [-0.2, -0.15) is 5.10 Å². The van der Waals surface area contributed by atoms with Crippen molar-refractivity contribution < 1.29 is 27.4 Å². The molecule has 1 aliphatic carbocycles. The van der Waals surface area contributed by atoms with Gasteiger partial charge in [-0.1, -0.05) is 12.1 Å². The summed E-state index contributed by atoms with van der Waals surface area (Å²) in [5, 5.41) is 7.73. The van der Waals surface area contributed by atoms with Crippen molar-refractivity contribution in [3.63, 3.8) is 0 Å². The number of nitrogens with one attached hydrogen (secondary N) is 1. The second-order valence-corrected chi connectivity index (χ2v) is 9.51. The van der Waals surface area contributed by atoms with E-state index in [0.29, 0.717) is 50.9 Å². The van der Waals surface area contributed by atoms with Gasteiger partial charge in [-0.15, -0.1) is 13.2 Å². The number of nitrogens with zero attached hydrogens (tertiary/aromatic N) is 3. The first-order valence-electron chi connectivity index (χ1n) is 11.8. The number of amides is 2. The number of aromatic nitrogens is 2. The molecule has 2 unspecified atom stereocenters. The molecule has 1 N–H and O–H groups in total. The number of carbonyl (C=O) groups is 1. The zero-order valence-electron chi connectivity index (χ0n) is 19.1. The summed E-state index contributed by atoms with van der Waals surface area (Å²) in [5.41, 5.74) is 3.40. The minimum absolute atomic E-state index is 0.0234. The van der Waals surface area contributed by atoms with Crippen molar-refractivity contribution in [3.05, 3.63) is 46.8 Å². The SMILES string of the molecule is Cc1cc(C2CC(c3cc(C4CC4)[nH]n3)CN(C(=O)N3CCOCC3)C2)ccc1OC(F)(F)F. The molecular weight excluding hydrogens is 449 g/mol. The number of hydrogen-bond donors (Lipinski definition) is 1. The first-order valence-corrected chi connectivity index (χ1v) is 11.8. The van der Waals surface area contributed by atoms with Crippen molar-refractivity contribution in [3.8, 4) is 5.75 Å². The van der Waals surface area contributed by atoms with Crippen molar-refractivity contribution in [1.82, 2.24) is 20.0 Å². The Bertz CT molecular complexity index is 1030. The number of hydrogen-bond acceptors (Lipinski definition) is 4. The Morgan fingerprint density at radius 1 is 1.09 bits per heavy atom. The molecule has 184 valence electrons. The van der Waals surface area contributed by atoms with E-state index < -0.39 is 6.36 Å². The topological polar surface area (TPSA) is 70.7 Å². The van der Waals surface area contributed by atoms with Crippen LogP contribution in [0.4, 0.5) is 18.0 Å². The predicted molar refractivity (Wildman–Crippen MR) is 118 cm³/mol. The highest BCUT2D eigenvalue weighted by Crippen LogP contribution is 2.42. The molecule has 10 heteroatoms. The zero-order chi connectivity index (χ0) is 23.9. The van der Waals surface area contributed by atoms with Crippen LogP contribution in [0.3, 0.4) is 0 Å². The van der Waals surface area contributed by atoms with Gasteiger partial charge in [0.05, 0.1) is 18.9 Å². The second-order valence-electron chi connectivity index (χ2n) is 9.51. The van der Waals surface area contributed by atoms with E-state index in [1.165, 1.54) is 18.9 Å². The van der Waals surface area contributed by atoms with Crippen LogP contribution < -0.4 is 4.74 Å². The van der Waals surface area contributed by atoms with E-state index in [1.807, 2.05) is 9.80 Å². The average molecular weight is 479 g/mol. The molecule has 0 radical (unpaired) electrons. The van der Waals surface area contributed by atoms with Crippen LogP contribution in [0.2, 0.25) is 0 Å². The van der Waals surface area contributed by atoms with Gasteiger partial charge in [0.2, 0.25) is 0 Å². The van der Waals surface area contributed by atoms with Crippen molar-refractivity contribution in [2.75, 3.05) is 39.4 Å². The maximum atomic E-state index is 13.3.